The second kappa shape index (κ2) is 4.65. The normalized spacial score (nSPS) is 19.3. The first kappa shape index (κ1) is 11.1. The summed E-state index contributed by atoms with van der Waals surface area (Å²) < 4.78 is 0.827. The topological polar surface area (TPSA) is 58.2 Å². The maximum Gasteiger partial charge on any atom is 0.246 e. The van der Waals surface area contributed by atoms with E-state index in [0.717, 1.165) is 4.47 Å². The van der Waals surface area contributed by atoms with E-state index in [-0.39, 0.29) is 11.8 Å². The van der Waals surface area contributed by atoms with Crippen LogP contribution in [0.4, 0.5) is 5.69 Å². The Morgan fingerprint density at radius 3 is 2.81 bits per heavy atom. The summed E-state index contributed by atoms with van der Waals surface area (Å²) in [6, 6.07) is 6.96. The molecule has 4 nitrogen and oxygen atoms in total. The zero-order valence-corrected chi connectivity index (χ0v) is 10.1. The minimum absolute atomic E-state index is 0.0627. The van der Waals surface area contributed by atoms with Gasteiger partial charge in [-0.1, -0.05) is 12.1 Å². The van der Waals surface area contributed by atoms with E-state index in [0.29, 0.717) is 18.5 Å². The van der Waals surface area contributed by atoms with E-state index in [1.165, 1.54) is 0 Å². The van der Waals surface area contributed by atoms with Crippen LogP contribution in [0, 0.1) is 0 Å². The van der Waals surface area contributed by atoms with Gasteiger partial charge in [0, 0.05) is 10.9 Å². The molecule has 2 amide bonds. The lowest BCUT2D eigenvalue weighted by Gasteiger charge is -2.11. The van der Waals surface area contributed by atoms with E-state index < -0.39 is 6.04 Å². The number of hydrogen-bond acceptors (Lipinski definition) is 2. The third-order valence-corrected chi connectivity index (χ3v) is 3.14. The van der Waals surface area contributed by atoms with Gasteiger partial charge in [-0.15, -0.1) is 0 Å². The minimum atomic E-state index is -0.403. The molecule has 0 radical (unpaired) electrons. The lowest BCUT2D eigenvalue weighted by atomic mass is 10.2. The van der Waals surface area contributed by atoms with Crippen LogP contribution in [0.2, 0.25) is 0 Å². The van der Waals surface area contributed by atoms with Crippen LogP contribution in [-0.4, -0.2) is 17.9 Å². The molecule has 2 rings (SSSR count). The lowest BCUT2D eigenvalue weighted by molar-refractivity contribution is -0.122. The summed E-state index contributed by atoms with van der Waals surface area (Å²) in [5, 5.41) is 5.40. The molecule has 1 unspecified atom stereocenters. The quantitative estimate of drug-likeness (QED) is 0.867. The molecule has 1 saturated heterocycles. The third kappa shape index (κ3) is 2.41. The smallest absolute Gasteiger partial charge is 0.246 e. The van der Waals surface area contributed by atoms with Gasteiger partial charge in [-0.2, -0.15) is 0 Å². The molecule has 0 spiro atoms. The molecule has 1 aliphatic heterocycles. The second-order valence-electron chi connectivity index (χ2n) is 3.63. The fourth-order valence-electron chi connectivity index (χ4n) is 1.59. The van der Waals surface area contributed by atoms with Gasteiger partial charge in [-0.3, -0.25) is 9.59 Å². The number of hydrogen-bond donors (Lipinski definition) is 2. The maximum atomic E-state index is 11.8. The number of carbonyl (C=O) groups excluding carboxylic acids is 2. The molecular formula is C11H11BrN2O2. The molecule has 0 saturated carbocycles. The van der Waals surface area contributed by atoms with E-state index in [4.69, 9.17) is 0 Å². The summed E-state index contributed by atoms with van der Waals surface area (Å²) in [6.07, 6.45) is 0.989. The van der Waals surface area contributed by atoms with Crippen LogP contribution in [-0.2, 0) is 9.59 Å². The van der Waals surface area contributed by atoms with E-state index in [1.807, 2.05) is 18.2 Å². The Hall–Kier alpha value is -1.36. The molecule has 0 aliphatic carbocycles. The predicted octanol–water partition coefficient (Wildman–Crippen LogP) is 1.67. The van der Waals surface area contributed by atoms with Gasteiger partial charge >= 0.3 is 0 Å². The first-order chi connectivity index (χ1) is 7.66. The highest BCUT2D eigenvalue weighted by Crippen LogP contribution is 2.21. The molecule has 1 aliphatic rings. The highest BCUT2D eigenvalue weighted by molar-refractivity contribution is 9.10. The molecule has 1 atom stereocenters. The average molecular weight is 283 g/mol. The summed E-state index contributed by atoms with van der Waals surface area (Å²) in [5.74, 6) is -0.231. The average Bonchev–Trinajstić information content (AvgIpc) is 2.68. The molecule has 16 heavy (non-hydrogen) atoms. The van der Waals surface area contributed by atoms with Gasteiger partial charge < -0.3 is 10.6 Å². The largest absolute Gasteiger partial charge is 0.344 e. The molecule has 1 aromatic rings. The Balaban J connectivity index is 2.03. The molecule has 5 heteroatoms. The zero-order chi connectivity index (χ0) is 11.5. The first-order valence-corrected chi connectivity index (χ1v) is 5.81. The molecule has 1 fully saturated rings. The highest BCUT2D eigenvalue weighted by Gasteiger charge is 2.27. The number of carbonyl (C=O) groups is 2. The van der Waals surface area contributed by atoms with Crippen LogP contribution in [0.3, 0.4) is 0 Å². The van der Waals surface area contributed by atoms with E-state index in [9.17, 15) is 9.59 Å². The van der Waals surface area contributed by atoms with Crippen LogP contribution in [0.25, 0.3) is 0 Å². The van der Waals surface area contributed by atoms with Gasteiger partial charge in [-0.05, 0) is 34.5 Å². The van der Waals surface area contributed by atoms with Crippen LogP contribution in [0.15, 0.2) is 28.7 Å². The Morgan fingerprint density at radius 2 is 2.19 bits per heavy atom. The number of para-hydroxylation sites is 1. The van der Waals surface area contributed by atoms with E-state index in [2.05, 4.69) is 26.6 Å². The van der Waals surface area contributed by atoms with E-state index >= 15 is 0 Å². The predicted molar refractivity (Wildman–Crippen MR) is 63.9 cm³/mol. The van der Waals surface area contributed by atoms with Gasteiger partial charge in [0.2, 0.25) is 11.8 Å². The van der Waals surface area contributed by atoms with Gasteiger partial charge in [0.05, 0.1) is 5.69 Å². The number of halogens is 1. The van der Waals surface area contributed by atoms with Crippen LogP contribution >= 0.6 is 15.9 Å². The highest BCUT2D eigenvalue weighted by atomic mass is 79.9. The minimum Gasteiger partial charge on any atom is -0.344 e. The summed E-state index contributed by atoms with van der Waals surface area (Å²) >= 11 is 3.34. The van der Waals surface area contributed by atoms with Gasteiger partial charge in [-0.25, -0.2) is 0 Å². The SMILES string of the molecule is O=C1CCC(C(=O)Nc2ccccc2Br)N1. The lowest BCUT2D eigenvalue weighted by Crippen LogP contribution is -2.37. The molecule has 0 bridgehead atoms. The van der Waals surface area contributed by atoms with Gasteiger partial charge in [0.1, 0.15) is 6.04 Å². The van der Waals surface area contributed by atoms with Gasteiger partial charge in [0.15, 0.2) is 0 Å². The van der Waals surface area contributed by atoms with Crippen molar-refractivity contribution in [1.29, 1.82) is 0 Å². The molecule has 84 valence electrons. The fraction of sp³-hybridized carbons (Fsp3) is 0.273. The van der Waals surface area contributed by atoms with Crippen molar-refractivity contribution in [3.8, 4) is 0 Å². The van der Waals surface area contributed by atoms with Crippen molar-refractivity contribution in [3.63, 3.8) is 0 Å². The van der Waals surface area contributed by atoms with Crippen molar-refractivity contribution in [3.05, 3.63) is 28.7 Å². The number of anilines is 1. The summed E-state index contributed by atoms with van der Waals surface area (Å²) in [5.41, 5.74) is 0.716. The monoisotopic (exact) mass is 282 g/mol. The first-order valence-electron chi connectivity index (χ1n) is 5.01. The summed E-state index contributed by atoms with van der Waals surface area (Å²) in [4.78, 5) is 22.7. The molecule has 2 N–H and O–H groups in total. The fourth-order valence-corrected chi connectivity index (χ4v) is 1.98. The van der Waals surface area contributed by atoms with Crippen molar-refractivity contribution in [2.45, 2.75) is 18.9 Å². The molecule has 0 aromatic heterocycles. The van der Waals surface area contributed by atoms with Crippen LogP contribution in [0.5, 0.6) is 0 Å². The molecule has 1 aromatic carbocycles. The van der Waals surface area contributed by atoms with Crippen molar-refractivity contribution in [1.82, 2.24) is 5.32 Å². The Bertz CT molecular complexity index is 434. The molecular weight excluding hydrogens is 272 g/mol. The summed E-state index contributed by atoms with van der Waals surface area (Å²) in [7, 11) is 0. The number of rotatable bonds is 2. The zero-order valence-electron chi connectivity index (χ0n) is 8.50. The number of benzene rings is 1. The van der Waals surface area contributed by atoms with Crippen molar-refractivity contribution in [2.75, 3.05) is 5.32 Å². The Morgan fingerprint density at radius 1 is 1.44 bits per heavy atom. The number of nitrogens with one attached hydrogen (secondary N) is 2. The van der Waals surface area contributed by atoms with Crippen molar-refractivity contribution < 1.29 is 9.59 Å². The Labute approximate surface area is 102 Å². The van der Waals surface area contributed by atoms with Crippen molar-refractivity contribution in [2.24, 2.45) is 0 Å². The Kier molecular flexibility index (Phi) is 3.24. The maximum absolute atomic E-state index is 11.8. The van der Waals surface area contributed by atoms with Gasteiger partial charge in [0.25, 0.3) is 0 Å². The van der Waals surface area contributed by atoms with E-state index in [1.54, 1.807) is 6.07 Å². The second-order valence-corrected chi connectivity index (χ2v) is 4.48. The van der Waals surface area contributed by atoms with Crippen LogP contribution in [0.1, 0.15) is 12.8 Å². The third-order valence-electron chi connectivity index (χ3n) is 2.44. The molecule has 1 heterocycles. The standard InChI is InChI=1S/C11H11BrN2O2/c12-7-3-1-2-4-8(7)14-11(16)9-5-6-10(15)13-9/h1-4,9H,5-6H2,(H,13,15)(H,14,16). The van der Waals surface area contributed by atoms with Crippen LogP contribution < -0.4 is 10.6 Å². The number of amides is 2. The summed E-state index contributed by atoms with van der Waals surface area (Å²) in [6.45, 7) is 0. The van der Waals surface area contributed by atoms with Crippen molar-refractivity contribution >= 4 is 33.4 Å².